The van der Waals surface area contributed by atoms with Gasteiger partial charge in [-0.1, -0.05) is 30.3 Å². The molecule has 1 aromatic carbocycles. The summed E-state index contributed by atoms with van der Waals surface area (Å²) in [6.45, 7) is 4.57. The first-order chi connectivity index (χ1) is 9.36. The van der Waals surface area contributed by atoms with E-state index >= 15 is 0 Å². The molecule has 0 saturated heterocycles. The van der Waals surface area contributed by atoms with Gasteiger partial charge < -0.3 is 15.0 Å². The Balaban J connectivity index is 1.54. The summed E-state index contributed by atoms with van der Waals surface area (Å²) in [6.07, 6.45) is 4.76. The van der Waals surface area contributed by atoms with Gasteiger partial charge in [-0.05, 0) is 25.5 Å². The highest BCUT2D eigenvalue weighted by atomic mass is 16.5. The first-order valence-corrected chi connectivity index (χ1v) is 6.72. The number of rotatable bonds is 8. The quantitative estimate of drug-likeness (QED) is 0.717. The van der Waals surface area contributed by atoms with Crippen molar-refractivity contribution in [3.05, 3.63) is 54.1 Å². The zero-order valence-electron chi connectivity index (χ0n) is 11.3. The topological polar surface area (TPSA) is 49.9 Å². The number of ether oxygens (including phenoxy) is 1. The molecular weight excluding hydrogens is 238 g/mol. The molecule has 0 aliphatic carbocycles. The molecule has 1 aromatic heterocycles. The van der Waals surface area contributed by atoms with Crippen molar-refractivity contribution < 1.29 is 4.74 Å². The predicted octanol–water partition coefficient (Wildman–Crippen LogP) is 2.67. The largest absolute Gasteiger partial charge is 0.374 e. The molecule has 102 valence electrons. The van der Waals surface area contributed by atoms with Crippen molar-refractivity contribution in [2.24, 2.45) is 0 Å². The lowest BCUT2D eigenvalue weighted by Gasteiger charge is -2.13. The second-order valence-electron chi connectivity index (χ2n) is 4.49. The number of hydrogen-bond acceptors (Lipinski definition) is 3. The monoisotopic (exact) mass is 259 g/mol. The summed E-state index contributed by atoms with van der Waals surface area (Å²) in [7, 11) is 0. The summed E-state index contributed by atoms with van der Waals surface area (Å²) in [5, 5.41) is 3.33. The minimum absolute atomic E-state index is 0.159. The van der Waals surface area contributed by atoms with E-state index in [4.69, 9.17) is 4.74 Å². The Hall–Kier alpha value is -1.65. The van der Waals surface area contributed by atoms with Crippen LogP contribution in [0, 0.1) is 0 Å². The molecule has 1 atom stereocenters. The van der Waals surface area contributed by atoms with Gasteiger partial charge in [0.05, 0.1) is 12.6 Å². The number of benzene rings is 1. The fraction of sp³-hybridized carbons (Fsp3) is 0.400. The van der Waals surface area contributed by atoms with Crippen LogP contribution >= 0.6 is 0 Å². The summed E-state index contributed by atoms with van der Waals surface area (Å²) in [5.41, 5.74) is 1.23. The molecule has 2 rings (SSSR count). The van der Waals surface area contributed by atoms with Crippen LogP contribution < -0.4 is 5.32 Å². The highest BCUT2D eigenvalue weighted by Gasteiger charge is 2.03. The summed E-state index contributed by atoms with van der Waals surface area (Å²) in [6, 6.07) is 10.3. The minimum atomic E-state index is 0.159. The lowest BCUT2D eigenvalue weighted by molar-refractivity contribution is 0.0640. The summed E-state index contributed by atoms with van der Waals surface area (Å²) in [4.78, 5) is 7.22. The van der Waals surface area contributed by atoms with Crippen LogP contribution in [0.25, 0.3) is 0 Å². The SMILES string of the molecule is CC(OCCCNCc1ncc[nH]1)c1ccccc1. The second kappa shape index (κ2) is 7.71. The van der Waals surface area contributed by atoms with E-state index in [1.807, 2.05) is 24.4 Å². The van der Waals surface area contributed by atoms with Gasteiger partial charge in [0, 0.05) is 19.0 Å². The van der Waals surface area contributed by atoms with E-state index in [-0.39, 0.29) is 6.10 Å². The molecule has 0 aliphatic rings. The van der Waals surface area contributed by atoms with Crippen molar-refractivity contribution in [3.63, 3.8) is 0 Å². The van der Waals surface area contributed by atoms with Crippen molar-refractivity contribution in [1.29, 1.82) is 0 Å². The van der Waals surface area contributed by atoms with Crippen molar-refractivity contribution in [2.45, 2.75) is 26.0 Å². The number of hydrogen-bond donors (Lipinski definition) is 2. The molecule has 1 heterocycles. The van der Waals surface area contributed by atoms with E-state index in [0.29, 0.717) is 0 Å². The Kier molecular flexibility index (Phi) is 5.59. The number of H-pyrrole nitrogens is 1. The molecule has 4 heteroatoms. The number of aromatic amines is 1. The molecule has 0 spiro atoms. The zero-order chi connectivity index (χ0) is 13.3. The smallest absolute Gasteiger partial charge is 0.120 e. The van der Waals surface area contributed by atoms with Gasteiger partial charge in [0.15, 0.2) is 0 Å². The van der Waals surface area contributed by atoms with Gasteiger partial charge in [0.1, 0.15) is 5.82 Å². The van der Waals surface area contributed by atoms with Crippen LogP contribution in [0.5, 0.6) is 0 Å². The van der Waals surface area contributed by atoms with Crippen LogP contribution in [0.3, 0.4) is 0 Å². The number of nitrogens with one attached hydrogen (secondary N) is 2. The molecule has 0 fully saturated rings. The third-order valence-electron chi connectivity index (χ3n) is 2.98. The fourth-order valence-electron chi connectivity index (χ4n) is 1.88. The first-order valence-electron chi connectivity index (χ1n) is 6.72. The van der Waals surface area contributed by atoms with Crippen molar-refractivity contribution >= 4 is 0 Å². The summed E-state index contributed by atoms with van der Waals surface area (Å²) in [5.74, 6) is 0.971. The Morgan fingerprint density at radius 3 is 2.89 bits per heavy atom. The van der Waals surface area contributed by atoms with Crippen molar-refractivity contribution in [2.75, 3.05) is 13.2 Å². The number of aromatic nitrogens is 2. The predicted molar refractivity (Wildman–Crippen MR) is 75.7 cm³/mol. The molecule has 19 heavy (non-hydrogen) atoms. The average molecular weight is 259 g/mol. The van der Waals surface area contributed by atoms with Crippen LogP contribution in [0.15, 0.2) is 42.7 Å². The maximum absolute atomic E-state index is 5.80. The Bertz CT molecular complexity index is 442. The molecule has 2 aromatic rings. The summed E-state index contributed by atoms with van der Waals surface area (Å²) < 4.78 is 5.80. The Morgan fingerprint density at radius 1 is 1.32 bits per heavy atom. The number of imidazole rings is 1. The molecule has 0 bridgehead atoms. The molecule has 0 saturated carbocycles. The van der Waals surface area contributed by atoms with E-state index in [1.54, 1.807) is 6.20 Å². The molecule has 0 amide bonds. The molecule has 0 aliphatic heterocycles. The molecule has 2 N–H and O–H groups in total. The van der Waals surface area contributed by atoms with Gasteiger partial charge in [0.25, 0.3) is 0 Å². The minimum Gasteiger partial charge on any atom is -0.374 e. The van der Waals surface area contributed by atoms with Crippen molar-refractivity contribution in [1.82, 2.24) is 15.3 Å². The summed E-state index contributed by atoms with van der Waals surface area (Å²) >= 11 is 0. The van der Waals surface area contributed by atoms with Crippen LogP contribution in [0.2, 0.25) is 0 Å². The Morgan fingerprint density at radius 2 is 2.16 bits per heavy atom. The lowest BCUT2D eigenvalue weighted by atomic mass is 10.1. The fourth-order valence-corrected chi connectivity index (χ4v) is 1.88. The van der Waals surface area contributed by atoms with Gasteiger partial charge in [-0.3, -0.25) is 0 Å². The van der Waals surface area contributed by atoms with Crippen LogP contribution in [0.4, 0.5) is 0 Å². The highest BCUT2D eigenvalue weighted by molar-refractivity contribution is 5.16. The average Bonchev–Trinajstić information content (AvgIpc) is 2.96. The molecule has 1 unspecified atom stereocenters. The number of nitrogens with zero attached hydrogens (tertiary/aromatic N) is 1. The van der Waals surface area contributed by atoms with Crippen LogP contribution in [0.1, 0.15) is 30.8 Å². The van der Waals surface area contributed by atoms with Gasteiger partial charge in [0.2, 0.25) is 0 Å². The molecular formula is C15H21N3O. The van der Waals surface area contributed by atoms with E-state index < -0.39 is 0 Å². The maximum Gasteiger partial charge on any atom is 0.120 e. The van der Waals surface area contributed by atoms with E-state index in [1.165, 1.54) is 5.56 Å². The van der Waals surface area contributed by atoms with Crippen LogP contribution in [-0.2, 0) is 11.3 Å². The van der Waals surface area contributed by atoms with E-state index in [9.17, 15) is 0 Å². The van der Waals surface area contributed by atoms with Crippen molar-refractivity contribution in [3.8, 4) is 0 Å². The van der Waals surface area contributed by atoms with Gasteiger partial charge in [-0.15, -0.1) is 0 Å². The van der Waals surface area contributed by atoms with E-state index in [2.05, 4.69) is 34.3 Å². The zero-order valence-corrected chi connectivity index (χ0v) is 11.3. The highest BCUT2D eigenvalue weighted by Crippen LogP contribution is 2.15. The van der Waals surface area contributed by atoms with Gasteiger partial charge >= 0.3 is 0 Å². The molecule has 0 radical (unpaired) electrons. The maximum atomic E-state index is 5.80. The normalized spacial score (nSPS) is 12.5. The standard InChI is InChI=1S/C15H21N3O/c1-13(14-6-3-2-4-7-14)19-11-5-8-16-12-15-17-9-10-18-15/h2-4,6-7,9-10,13,16H,5,8,11-12H2,1H3,(H,17,18). The lowest BCUT2D eigenvalue weighted by Crippen LogP contribution is -2.17. The third-order valence-corrected chi connectivity index (χ3v) is 2.98. The van der Waals surface area contributed by atoms with Gasteiger partial charge in [-0.2, -0.15) is 0 Å². The molecule has 4 nitrogen and oxygen atoms in total. The Labute approximate surface area is 114 Å². The van der Waals surface area contributed by atoms with Gasteiger partial charge in [-0.25, -0.2) is 4.98 Å². The third kappa shape index (κ3) is 4.85. The van der Waals surface area contributed by atoms with E-state index in [0.717, 1.165) is 31.9 Å². The second-order valence-corrected chi connectivity index (χ2v) is 4.49. The van der Waals surface area contributed by atoms with Crippen LogP contribution in [-0.4, -0.2) is 23.1 Å². The first kappa shape index (κ1) is 13.8.